The van der Waals surface area contributed by atoms with E-state index in [1.54, 1.807) is 0 Å². The molecule has 3 rings (SSSR count). The van der Waals surface area contributed by atoms with Crippen LogP contribution in [-0.2, 0) is 29.9 Å². The van der Waals surface area contributed by atoms with Gasteiger partial charge in [0.1, 0.15) is 18.3 Å². The monoisotopic (exact) mass is 459 g/mol. The van der Waals surface area contributed by atoms with E-state index >= 15 is 0 Å². The van der Waals surface area contributed by atoms with Gasteiger partial charge in [-0.25, -0.2) is 13.9 Å². The summed E-state index contributed by atoms with van der Waals surface area (Å²) in [6.45, 7) is -5.00. The highest BCUT2D eigenvalue weighted by Gasteiger charge is 2.45. The van der Waals surface area contributed by atoms with Crippen LogP contribution in [0.5, 0.6) is 0 Å². The van der Waals surface area contributed by atoms with Gasteiger partial charge in [0.15, 0.2) is 17.4 Å². The highest BCUT2D eigenvalue weighted by Crippen LogP contribution is 2.58. The number of nitrogen functional groups attached to an aromatic ring is 1. The molecule has 0 amide bonds. The van der Waals surface area contributed by atoms with E-state index in [1.165, 1.54) is 0 Å². The van der Waals surface area contributed by atoms with Crippen LogP contribution < -0.4 is 11.3 Å². The van der Waals surface area contributed by atoms with Gasteiger partial charge in [-0.3, -0.25) is 14.3 Å². The third-order valence-electron chi connectivity index (χ3n) is 3.67. The van der Waals surface area contributed by atoms with Crippen LogP contribution in [0.15, 0.2) is 11.1 Å². The Hall–Kier alpha value is -1.29. The van der Waals surface area contributed by atoms with Crippen molar-refractivity contribution in [2.45, 2.75) is 24.5 Å². The largest absolute Gasteiger partial charge is 0.476 e. The molecular weight excluding hydrogens is 444 g/mol. The molecule has 15 nitrogen and oxygen atoms in total. The van der Waals surface area contributed by atoms with Crippen molar-refractivity contribution in [2.75, 3.05) is 12.3 Å². The molecular formula is C10H15N5O10P2S. The van der Waals surface area contributed by atoms with Crippen molar-refractivity contribution in [3.05, 3.63) is 16.7 Å². The summed E-state index contributed by atoms with van der Waals surface area (Å²) in [6, 6.07) is 0. The highest BCUT2D eigenvalue weighted by molar-refractivity contribution is 8.08. The van der Waals surface area contributed by atoms with Crippen LogP contribution in [0.2, 0.25) is 0 Å². The Kier molecular flexibility index (Phi) is 5.75. The molecule has 0 bridgehead atoms. The summed E-state index contributed by atoms with van der Waals surface area (Å²) in [6.07, 6.45) is -4.48. The molecule has 5 unspecified atom stereocenters. The first-order valence-electron chi connectivity index (χ1n) is 7.36. The Labute approximate surface area is 160 Å². The summed E-state index contributed by atoms with van der Waals surface area (Å²) in [5, 5.41) is 20.4. The molecule has 2 aromatic rings. The van der Waals surface area contributed by atoms with Crippen LogP contribution in [0.25, 0.3) is 11.2 Å². The maximum atomic E-state index is 11.8. The van der Waals surface area contributed by atoms with E-state index in [9.17, 15) is 24.5 Å². The molecule has 18 heteroatoms. The van der Waals surface area contributed by atoms with Crippen LogP contribution in [0.4, 0.5) is 5.95 Å². The predicted octanol–water partition coefficient (Wildman–Crippen LogP) is -2.34. The number of H-pyrrole nitrogens is 1. The van der Waals surface area contributed by atoms with Crippen molar-refractivity contribution in [1.29, 1.82) is 0 Å². The second-order valence-electron chi connectivity index (χ2n) is 5.66. The van der Waals surface area contributed by atoms with Gasteiger partial charge in [-0.15, -0.1) is 0 Å². The fourth-order valence-corrected chi connectivity index (χ4v) is 5.11. The minimum atomic E-state index is -5.11. The van der Waals surface area contributed by atoms with Gasteiger partial charge >= 0.3 is 14.5 Å². The summed E-state index contributed by atoms with van der Waals surface area (Å²) in [5.41, 5.74) is 4.77. The minimum absolute atomic E-state index is 0.0174. The van der Waals surface area contributed by atoms with Crippen molar-refractivity contribution in [1.82, 2.24) is 19.5 Å². The molecule has 0 spiro atoms. The quantitative estimate of drug-likeness (QED) is 0.224. The van der Waals surface area contributed by atoms with Gasteiger partial charge < -0.3 is 39.9 Å². The van der Waals surface area contributed by atoms with E-state index in [4.69, 9.17) is 24.8 Å². The second kappa shape index (κ2) is 7.51. The summed E-state index contributed by atoms with van der Waals surface area (Å²) in [4.78, 5) is 48.8. The number of phosphoric acid groups is 1. The third kappa shape index (κ3) is 4.48. The van der Waals surface area contributed by atoms with Gasteiger partial charge in [0.05, 0.1) is 12.9 Å². The first-order valence-corrected chi connectivity index (χ1v) is 11.5. The molecule has 0 radical (unpaired) electrons. The fourth-order valence-electron chi connectivity index (χ4n) is 2.55. The van der Waals surface area contributed by atoms with E-state index in [0.717, 1.165) is 10.9 Å². The van der Waals surface area contributed by atoms with Crippen molar-refractivity contribution >= 4 is 43.5 Å². The minimum Gasteiger partial charge on any atom is -0.387 e. The zero-order chi connectivity index (χ0) is 20.9. The van der Waals surface area contributed by atoms with Crippen molar-refractivity contribution < 1.29 is 43.0 Å². The number of fused-ring (bicyclic) bond motifs is 1. The number of ether oxygens (including phenoxy) is 1. The molecule has 1 aliphatic heterocycles. The number of anilines is 1. The molecule has 3 heterocycles. The van der Waals surface area contributed by atoms with E-state index in [-0.39, 0.29) is 17.1 Å². The number of aromatic nitrogens is 4. The summed E-state index contributed by atoms with van der Waals surface area (Å²) in [5.74, 6) is -0.206. The Morgan fingerprint density at radius 2 is 2.04 bits per heavy atom. The highest BCUT2D eigenvalue weighted by atomic mass is 32.5. The van der Waals surface area contributed by atoms with E-state index in [1.807, 2.05) is 0 Å². The average Bonchev–Trinajstić information content (AvgIpc) is 3.06. The third-order valence-corrected chi connectivity index (χ3v) is 6.74. The number of imidazole rings is 1. The Balaban J connectivity index is 1.79. The summed E-state index contributed by atoms with van der Waals surface area (Å²) in [7, 11) is -5.11. The van der Waals surface area contributed by atoms with Crippen molar-refractivity contribution in [3.63, 3.8) is 0 Å². The molecule has 0 saturated carbocycles. The molecule has 0 aromatic carbocycles. The van der Waals surface area contributed by atoms with Crippen LogP contribution >= 0.6 is 14.5 Å². The van der Waals surface area contributed by atoms with Crippen molar-refractivity contribution in [3.8, 4) is 0 Å². The first kappa shape index (κ1) is 21.4. The number of rotatable bonds is 6. The Morgan fingerprint density at radius 1 is 1.36 bits per heavy atom. The maximum Gasteiger partial charge on any atom is 0.476 e. The molecule has 0 aliphatic carbocycles. The maximum absolute atomic E-state index is 11.8. The first-order chi connectivity index (χ1) is 12.9. The average molecular weight is 459 g/mol. The zero-order valence-electron chi connectivity index (χ0n) is 13.6. The van der Waals surface area contributed by atoms with Crippen molar-refractivity contribution in [2.24, 2.45) is 0 Å². The number of aromatic amines is 1. The zero-order valence-corrected chi connectivity index (χ0v) is 16.2. The smallest absolute Gasteiger partial charge is 0.387 e. The number of hydrogen-bond acceptors (Lipinski definition) is 11. The molecule has 8 N–H and O–H groups in total. The van der Waals surface area contributed by atoms with Gasteiger partial charge in [0.25, 0.3) is 5.56 Å². The van der Waals surface area contributed by atoms with Crippen LogP contribution in [-0.4, -0.2) is 69.3 Å². The summed E-state index contributed by atoms with van der Waals surface area (Å²) >= 11 is 4.45. The molecule has 28 heavy (non-hydrogen) atoms. The normalized spacial score (nSPS) is 27.9. The number of hydrogen-bond donors (Lipinski definition) is 7. The SMILES string of the molecule is Nc1nc2c(ncn2C2OC(COP(O)(=S)OP(=O)(O)O)C(O)C2O)c(=O)[nH]1. The lowest BCUT2D eigenvalue weighted by molar-refractivity contribution is -0.0486. The predicted molar refractivity (Wildman–Crippen MR) is 94.1 cm³/mol. The van der Waals surface area contributed by atoms with Crippen LogP contribution in [0.1, 0.15) is 6.23 Å². The van der Waals surface area contributed by atoms with Crippen LogP contribution in [0.3, 0.4) is 0 Å². The molecule has 156 valence electrons. The standard InChI is InChI=1S/C10H15N5O10P2S/c11-10-13-7-4(8(18)14-10)12-2-15(7)9-6(17)5(16)3(24-9)1-23-27(22,28)25-26(19,20)21/h2-3,5-6,9,16-17H,1H2,(H,22,28)(H2,19,20,21)(H3,11,13,14,18). The van der Waals surface area contributed by atoms with E-state index in [2.05, 4.69) is 31.1 Å². The van der Waals surface area contributed by atoms with Gasteiger partial charge in [0.2, 0.25) is 5.95 Å². The van der Waals surface area contributed by atoms with Crippen LogP contribution in [0, 0.1) is 0 Å². The molecule has 1 fully saturated rings. The second-order valence-corrected chi connectivity index (χ2v) is 9.87. The molecule has 1 aliphatic rings. The van der Waals surface area contributed by atoms with E-state index < -0.39 is 51.2 Å². The molecule has 5 atom stereocenters. The fraction of sp³-hybridized carbons (Fsp3) is 0.500. The number of nitrogens with zero attached hydrogens (tertiary/aromatic N) is 3. The van der Waals surface area contributed by atoms with Gasteiger partial charge in [-0.2, -0.15) is 4.98 Å². The number of aliphatic hydroxyl groups excluding tert-OH is 2. The number of nitrogens with one attached hydrogen (secondary N) is 1. The lowest BCUT2D eigenvalue weighted by atomic mass is 10.1. The summed E-state index contributed by atoms with van der Waals surface area (Å²) < 4.78 is 26.1. The number of aliphatic hydroxyl groups is 2. The lowest BCUT2D eigenvalue weighted by Gasteiger charge is -2.19. The Bertz CT molecular complexity index is 1040. The van der Waals surface area contributed by atoms with Gasteiger partial charge in [-0.1, -0.05) is 0 Å². The van der Waals surface area contributed by atoms with Gasteiger partial charge in [-0.05, 0) is 11.8 Å². The topological polar surface area (TPSA) is 235 Å². The molecule has 1 saturated heterocycles. The number of nitrogens with two attached hydrogens (primary N) is 1. The molecule has 2 aromatic heterocycles. The van der Waals surface area contributed by atoms with E-state index in [0.29, 0.717) is 0 Å². The Morgan fingerprint density at radius 3 is 2.68 bits per heavy atom. The van der Waals surface area contributed by atoms with Gasteiger partial charge in [0, 0.05) is 0 Å². The lowest BCUT2D eigenvalue weighted by Crippen LogP contribution is -2.33.